The Bertz CT molecular complexity index is 1300. The molecule has 0 aliphatic rings. The van der Waals surface area contributed by atoms with E-state index < -0.39 is 0 Å². The van der Waals surface area contributed by atoms with Gasteiger partial charge in [0, 0.05) is 5.69 Å². The molecule has 0 aromatic heterocycles. The van der Waals surface area contributed by atoms with Crippen molar-refractivity contribution in [1.29, 1.82) is 0 Å². The summed E-state index contributed by atoms with van der Waals surface area (Å²) in [6.07, 6.45) is 0. The van der Waals surface area contributed by atoms with Gasteiger partial charge in [-0.1, -0.05) is 24.3 Å². The van der Waals surface area contributed by atoms with E-state index in [1.165, 1.54) is 0 Å². The molecule has 0 heterocycles. The monoisotopic (exact) mass is 455 g/mol. The van der Waals surface area contributed by atoms with E-state index in [1.54, 1.807) is 18.2 Å². The second kappa shape index (κ2) is 9.02. The minimum Gasteiger partial charge on any atom is -0.508 e. The Morgan fingerprint density at radius 1 is 0.559 bits per heavy atom. The molecule has 0 fully saturated rings. The maximum atomic E-state index is 11.1. The summed E-state index contributed by atoms with van der Waals surface area (Å²) < 4.78 is 6.02. The molecule has 5 heteroatoms. The molecule has 5 nitrogen and oxygen atoms in total. The molecule has 0 aliphatic carbocycles. The lowest BCUT2D eigenvalue weighted by molar-refractivity contribution is 0.461. The lowest BCUT2D eigenvalue weighted by Gasteiger charge is -2.30. The van der Waals surface area contributed by atoms with Crippen LogP contribution in [0.5, 0.6) is 28.7 Å². The van der Waals surface area contributed by atoms with Crippen LogP contribution in [-0.4, -0.2) is 15.3 Å². The number of aromatic hydroxyl groups is 3. The third-order valence-corrected chi connectivity index (χ3v) is 6.04. The van der Waals surface area contributed by atoms with Crippen LogP contribution in [0.25, 0.3) is 0 Å². The Hall–Kier alpha value is -4.12. The zero-order chi connectivity index (χ0) is 24.6. The van der Waals surface area contributed by atoms with Gasteiger partial charge >= 0.3 is 0 Å². The molecule has 0 aliphatic heterocycles. The third-order valence-electron chi connectivity index (χ3n) is 6.04. The second-order valence-electron chi connectivity index (χ2n) is 8.67. The van der Waals surface area contributed by atoms with E-state index in [0.717, 1.165) is 33.5 Å². The molecule has 174 valence electrons. The summed E-state index contributed by atoms with van der Waals surface area (Å²) in [5, 5.41) is 31.8. The molecule has 0 atom stereocenters. The predicted molar refractivity (Wildman–Crippen MR) is 136 cm³/mol. The lowest BCUT2D eigenvalue weighted by atomic mass is 10.0. The SMILES string of the molecule is Cc1cc(O)ccc1Oc1ccc(N(c2c(C)ccc(C)c2O)c2c(C)ccc(C)c2O)cc1. The van der Waals surface area contributed by atoms with E-state index in [0.29, 0.717) is 22.9 Å². The zero-order valence-corrected chi connectivity index (χ0v) is 20.0. The van der Waals surface area contributed by atoms with Crippen molar-refractivity contribution in [2.75, 3.05) is 4.90 Å². The first kappa shape index (κ1) is 23.1. The van der Waals surface area contributed by atoms with Crippen LogP contribution in [0.4, 0.5) is 17.1 Å². The fourth-order valence-corrected chi connectivity index (χ4v) is 4.04. The van der Waals surface area contributed by atoms with Crippen molar-refractivity contribution in [2.45, 2.75) is 34.6 Å². The van der Waals surface area contributed by atoms with Crippen molar-refractivity contribution in [1.82, 2.24) is 0 Å². The number of ether oxygens (including phenoxy) is 1. The van der Waals surface area contributed by atoms with Gasteiger partial charge in [-0.15, -0.1) is 0 Å². The fourth-order valence-electron chi connectivity index (χ4n) is 4.04. The van der Waals surface area contributed by atoms with Crippen LogP contribution in [0.15, 0.2) is 66.7 Å². The molecule has 0 amide bonds. The number of nitrogens with zero attached hydrogens (tertiary/aromatic N) is 1. The van der Waals surface area contributed by atoms with Crippen molar-refractivity contribution in [3.05, 3.63) is 94.5 Å². The van der Waals surface area contributed by atoms with Crippen LogP contribution >= 0.6 is 0 Å². The van der Waals surface area contributed by atoms with Crippen LogP contribution in [0, 0.1) is 34.6 Å². The molecule has 34 heavy (non-hydrogen) atoms. The van der Waals surface area contributed by atoms with Crippen LogP contribution in [0.2, 0.25) is 0 Å². The van der Waals surface area contributed by atoms with Gasteiger partial charge < -0.3 is 25.0 Å². The summed E-state index contributed by atoms with van der Waals surface area (Å²) >= 11 is 0. The molecular formula is C29H29NO4. The highest BCUT2D eigenvalue weighted by Gasteiger charge is 2.24. The molecule has 0 saturated heterocycles. The van der Waals surface area contributed by atoms with Gasteiger partial charge in [0.2, 0.25) is 0 Å². The highest BCUT2D eigenvalue weighted by molar-refractivity contribution is 5.87. The Morgan fingerprint density at radius 3 is 1.56 bits per heavy atom. The highest BCUT2D eigenvalue weighted by Crippen LogP contribution is 2.48. The van der Waals surface area contributed by atoms with Gasteiger partial charge in [-0.25, -0.2) is 0 Å². The normalized spacial score (nSPS) is 10.9. The van der Waals surface area contributed by atoms with Crippen LogP contribution < -0.4 is 9.64 Å². The molecule has 0 bridgehead atoms. The number of phenolic OH excluding ortho intramolecular Hbond substituents is 3. The Labute approximate surface area is 200 Å². The maximum Gasteiger partial charge on any atom is 0.142 e. The molecule has 4 rings (SSSR count). The number of hydrogen-bond acceptors (Lipinski definition) is 5. The number of hydrogen-bond donors (Lipinski definition) is 3. The minimum absolute atomic E-state index is 0.167. The van der Waals surface area contributed by atoms with Gasteiger partial charge in [0.05, 0.1) is 11.4 Å². The molecule has 3 N–H and O–H groups in total. The van der Waals surface area contributed by atoms with Crippen molar-refractivity contribution in [3.63, 3.8) is 0 Å². The molecule has 0 saturated carbocycles. The largest absolute Gasteiger partial charge is 0.508 e. The van der Waals surface area contributed by atoms with E-state index >= 15 is 0 Å². The number of aryl methyl sites for hydroxylation is 5. The van der Waals surface area contributed by atoms with Crippen molar-refractivity contribution < 1.29 is 20.1 Å². The number of anilines is 3. The minimum atomic E-state index is 0.167. The van der Waals surface area contributed by atoms with Crippen molar-refractivity contribution >= 4 is 17.1 Å². The second-order valence-corrected chi connectivity index (χ2v) is 8.67. The fraction of sp³-hybridized carbons (Fsp3) is 0.172. The van der Waals surface area contributed by atoms with Gasteiger partial charge in [-0.05, 0) is 105 Å². The van der Waals surface area contributed by atoms with Gasteiger partial charge in [0.25, 0.3) is 0 Å². The smallest absolute Gasteiger partial charge is 0.142 e. The van der Waals surface area contributed by atoms with E-state index in [2.05, 4.69) is 0 Å². The zero-order valence-electron chi connectivity index (χ0n) is 20.0. The summed E-state index contributed by atoms with van der Waals surface area (Å²) in [5.74, 6) is 1.81. The summed E-state index contributed by atoms with van der Waals surface area (Å²) in [6, 6.07) is 20.1. The molecule has 0 radical (unpaired) electrons. The number of benzene rings is 4. The van der Waals surface area contributed by atoms with Crippen LogP contribution in [0.3, 0.4) is 0 Å². The summed E-state index contributed by atoms with van der Waals surface area (Å²) in [5.41, 5.74) is 6.08. The number of rotatable bonds is 5. The Kier molecular flexibility index (Phi) is 6.12. The van der Waals surface area contributed by atoms with E-state index in [9.17, 15) is 15.3 Å². The number of phenols is 3. The van der Waals surface area contributed by atoms with Crippen molar-refractivity contribution in [2.24, 2.45) is 0 Å². The average Bonchev–Trinajstić information content (AvgIpc) is 2.80. The predicted octanol–water partition coefficient (Wildman–Crippen LogP) is 7.61. The molecule has 4 aromatic rings. The molecule has 0 spiro atoms. The first-order valence-corrected chi connectivity index (χ1v) is 11.1. The van der Waals surface area contributed by atoms with Gasteiger partial charge in [-0.2, -0.15) is 0 Å². The summed E-state index contributed by atoms with van der Waals surface area (Å²) in [7, 11) is 0. The van der Waals surface area contributed by atoms with E-state index in [-0.39, 0.29) is 17.2 Å². The first-order chi connectivity index (χ1) is 16.2. The van der Waals surface area contributed by atoms with Gasteiger partial charge in [0.1, 0.15) is 28.7 Å². The lowest BCUT2D eigenvalue weighted by Crippen LogP contribution is -2.14. The average molecular weight is 456 g/mol. The summed E-state index contributed by atoms with van der Waals surface area (Å²) in [6.45, 7) is 9.47. The van der Waals surface area contributed by atoms with E-state index in [1.807, 2.05) is 88.0 Å². The standard InChI is InChI=1S/C29H29NO4/c1-17-6-8-19(3)28(32)26(17)30(27-18(2)7-9-20(4)29(27)33)22-10-13-24(14-11-22)34-25-15-12-23(31)16-21(25)5/h6-16,31-33H,1-5H3. The summed E-state index contributed by atoms with van der Waals surface area (Å²) in [4.78, 5) is 1.89. The maximum absolute atomic E-state index is 11.1. The topological polar surface area (TPSA) is 73.2 Å². The Morgan fingerprint density at radius 2 is 1.06 bits per heavy atom. The molecule has 4 aromatic carbocycles. The van der Waals surface area contributed by atoms with Gasteiger partial charge in [-0.3, -0.25) is 0 Å². The molecule has 0 unspecified atom stereocenters. The van der Waals surface area contributed by atoms with Crippen molar-refractivity contribution in [3.8, 4) is 28.7 Å². The van der Waals surface area contributed by atoms with Crippen LogP contribution in [-0.2, 0) is 0 Å². The van der Waals surface area contributed by atoms with Gasteiger partial charge in [0.15, 0.2) is 0 Å². The highest BCUT2D eigenvalue weighted by atomic mass is 16.5. The first-order valence-electron chi connectivity index (χ1n) is 11.1. The van der Waals surface area contributed by atoms with Crippen LogP contribution in [0.1, 0.15) is 27.8 Å². The van der Waals surface area contributed by atoms with E-state index in [4.69, 9.17) is 4.74 Å². The third kappa shape index (κ3) is 4.25. The Balaban J connectivity index is 1.84. The molecular weight excluding hydrogens is 426 g/mol. The quantitative estimate of drug-likeness (QED) is 0.289.